The summed E-state index contributed by atoms with van der Waals surface area (Å²) in [6, 6.07) is 14.4. The fourth-order valence-corrected chi connectivity index (χ4v) is 2.51. The van der Waals surface area contributed by atoms with E-state index in [0.717, 1.165) is 23.5 Å². The molecule has 2 aromatic rings. The van der Waals surface area contributed by atoms with E-state index in [2.05, 4.69) is 39.8 Å². The van der Waals surface area contributed by atoms with Crippen molar-refractivity contribution >= 4 is 0 Å². The lowest BCUT2D eigenvalue weighted by Gasteiger charge is -2.13. The standard InChI is InChI=1S/C19H25NO/c1-5-19(20)15-6-8-16(9-7-15)21-17-10-11-18(13(2)3)14(4)12-17/h6-13,19H,5,20H2,1-4H3. The molecule has 2 rings (SSSR count). The molecule has 2 aromatic carbocycles. The molecule has 2 N–H and O–H groups in total. The van der Waals surface area contributed by atoms with Gasteiger partial charge in [-0.05, 0) is 60.2 Å². The highest BCUT2D eigenvalue weighted by molar-refractivity contribution is 5.39. The number of hydrogen-bond donors (Lipinski definition) is 1. The van der Waals surface area contributed by atoms with Crippen LogP contribution in [0.15, 0.2) is 42.5 Å². The molecule has 0 saturated carbocycles. The highest BCUT2D eigenvalue weighted by Gasteiger charge is 2.06. The minimum Gasteiger partial charge on any atom is -0.457 e. The molecule has 0 aliphatic heterocycles. The van der Waals surface area contributed by atoms with Crippen LogP contribution < -0.4 is 10.5 Å². The Morgan fingerprint density at radius 1 is 1.00 bits per heavy atom. The highest BCUT2D eigenvalue weighted by Crippen LogP contribution is 2.27. The average molecular weight is 283 g/mol. The highest BCUT2D eigenvalue weighted by atomic mass is 16.5. The van der Waals surface area contributed by atoms with Crippen LogP contribution in [0.2, 0.25) is 0 Å². The van der Waals surface area contributed by atoms with E-state index in [9.17, 15) is 0 Å². The molecule has 0 aliphatic rings. The summed E-state index contributed by atoms with van der Waals surface area (Å²) in [6.45, 7) is 8.64. The van der Waals surface area contributed by atoms with Crippen LogP contribution in [0.4, 0.5) is 0 Å². The summed E-state index contributed by atoms with van der Waals surface area (Å²) < 4.78 is 5.92. The zero-order valence-electron chi connectivity index (χ0n) is 13.4. The monoisotopic (exact) mass is 283 g/mol. The summed E-state index contributed by atoms with van der Waals surface area (Å²) in [7, 11) is 0. The molecule has 1 atom stereocenters. The van der Waals surface area contributed by atoms with Crippen molar-refractivity contribution in [3.63, 3.8) is 0 Å². The van der Waals surface area contributed by atoms with Crippen LogP contribution in [-0.4, -0.2) is 0 Å². The largest absolute Gasteiger partial charge is 0.457 e. The first-order chi connectivity index (χ1) is 10.0. The van der Waals surface area contributed by atoms with Gasteiger partial charge in [0.15, 0.2) is 0 Å². The van der Waals surface area contributed by atoms with Crippen molar-refractivity contribution in [2.24, 2.45) is 5.73 Å². The molecule has 0 aromatic heterocycles. The Bertz CT molecular complexity index is 587. The third-order valence-electron chi connectivity index (χ3n) is 3.85. The van der Waals surface area contributed by atoms with Crippen molar-refractivity contribution in [1.29, 1.82) is 0 Å². The summed E-state index contributed by atoms with van der Waals surface area (Å²) in [5.74, 6) is 2.26. The molecule has 0 aliphatic carbocycles. The second-order valence-corrected chi connectivity index (χ2v) is 5.86. The van der Waals surface area contributed by atoms with Crippen molar-refractivity contribution in [3.8, 4) is 11.5 Å². The Labute approximate surface area is 127 Å². The maximum atomic E-state index is 6.02. The molecule has 1 unspecified atom stereocenters. The van der Waals surface area contributed by atoms with Gasteiger partial charge in [0.2, 0.25) is 0 Å². The Morgan fingerprint density at radius 2 is 1.62 bits per heavy atom. The van der Waals surface area contributed by atoms with E-state index in [1.807, 2.05) is 30.3 Å². The third-order valence-corrected chi connectivity index (χ3v) is 3.85. The predicted octanol–water partition coefficient (Wildman–Crippen LogP) is 5.32. The van der Waals surface area contributed by atoms with Gasteiger partial charge in [0.1, 0.15) is 11.5 Å². The van der Waals surface area contributed by atoms with Gasteiger partial charge < -0.3 is 10.5 Å². The van der Waals surface area contributed by atoms with Gasteiger partial charge in [-0.15, -0.1) is 0 Å². The minimum absolute atomic E-state index is 0.103. The fourth-order valence-electron chi connectivity index (χ4n) is 2.51. The zero-order valence-corrected chi connectivity index (χ0v) is 13.4. The van der Waals surface area contributed by atoms with Crippen LogP contribution in [0.5, 0.6) is 11.5 Å². The summed E-state index contributed by atoms with van der Waals surface area (Å²) in [5, 5.41) is 0. The Morgan fingerprint density at radius 3 is 2.14 bits per heavy atom. The van der Waals surface area contributed by atoms with Crippen molar-refractivity contribution in [1.82, 2.24) is 0 Å². The van der Waals surface area contributed by atoms with Crippen LogP contribution >= 0.6 is 0 Å². The van der Waals surface area contributed by atoms with E-state index >= 15 is 0 Å². The lowest BCUT2D eigenvalue weighted by atomic mass is 9.98. The van der Waals surface area contributed by atoms with Gasteiger partial charge in [0.25, 0.3) is 0 Å². The maximum Gasteiger partial charge on any atom is 0.127 e. The van der Waals surface area contributed by atoms with Crippen molar-refractivity contribution < 1.29 is 4.74 Å². The molecule has 0 saturated heterocycles. The number of benzene rings is 2. The molecular formula is C19H25NO. The first-order valence-electron chi connectivity index (χ1n) is 7.65. The molecule has 0 heterocycles. The lowest BCUT2D eigenvalue weighted by Crippen LogP contribution is -2.08. The van der Waals surface area contributed by atoms with Crippen LogP contribution in [0.25, 0.3) is 0 Å². The number of aryl methyl sites for hydroxylation is 1. The molecule has 21 heavy (non-hydrogen) atoms. The van der Waals surface area contributed by atoms with Crippen LogP contribution in [-0.2, 0) is 0 Å². The van der Waals surface area contributed by atoms with Crippen molar-refractivity contribution in [2.45, 2.75) is 46.1 Å². The molecule has 0 radical (unpaired) electrons. The van der Waals surface area contributed by atoms with Gasteiger partial charge in [-0.25, -0.2) is 0 Å². The van der Waals surface area contributed by atoms with E-state index in [1.165, 1.54) is 11.1 Å². The quantitative estimate of drug-likeness (QED) is 0.806. The average Bonchev–Trinajstić information content (AvgIpc) is 2.47. The fraction of sp³-hybridized carbons (Fsp3) is 0.368. The number of ether oxygens (including phenoxy) is 1. The maximum absolute atomic E-state index is 6.02. The predicted molar refractivity (Wildman–Crippen MR) is 89.0 cm³/mol. The minimum atomic E-state index is 0.103. The van der Waals surface area contributed by atoms with Gasteiger partial charge in [0, 0.05) is 6.04 Å². The lowest BCUT2D eigenvalue weighted by molar-refractivity contribution is 0.481. The van der Waals surface area contributed by atoms with Gasteiger partial charge in [-0.2, -0.15) is 0 Å². The smallest absolute Gasteiger partial charge is 0.127 e. The number of hydrogen-bond acceptors (Lipinski definition) is 2. The summed E-state index contributed by atoms with van der Waals surface area (Å²) >= 11 is 0. The van der Waals surface area contributed by atoms with Crippen molar-refractivity contribution in [2.75, 3.05) is 0 Å². The van der Waals surface area contributed by atoms with E-state index in [-0.39, 0.29) is 6.04 Å². The Kier molecular flexibility index (Phi) is 5.03. The SMILES string of the molecule is CCC(N)c1ccc(Oc2ccc(C(C)C)c(C)c2)cc1. The normalized spacial score (nSPS) is 12.5. The van der Waals surface area contributed by atoms with E-state index in [1.54, 1.807) is 0 Å². The molecule has 0 amide bonds. The van der Waals surface area contributed by atoms with Crippen LogP contribution in [0.3, 0.4) is 0 Å². The zero-order chi connectivity index (χ0) is 15.4. The molecule has 0 bridgehead atoms. The second kappa shape index (κ2) is 6.77. The van der Waals surface area contributed by atoms with Crippen LogP contribution in [0, 0.1) is 6.92 Å². The molecular weight excluding hydrogens is 258 g/mol. The Balaban J connectivity index is 2.13. The van der Waals surface area contributed by atoms with Gasteiger partial charge in [0.05, 0.1) is 0 Å². The topological polar surface area (TPSA) is 35.2 Å². The summed E-state index contributed by atoms with van der Waals surface area (Å²) in [6.07, 6.45) is 0.941. The van der Waals surface area contributed by atoms with Gasteiger partial charge >= 0.3 is 0 Å². The second-order valence-electron chi connectivity index (χ2n) is 5.86. The molecule has 2 heteroatoms. The number of nitrogens with two attached hydrogens (primary N) is 1. The van der Waals surface area contributed by atoms with Gasteiger partial charge in [-0.1, -0.05) is 39.0 Å². The molecule has 0 fully saturated rings. The first kappa shape index (κ1) is 15.6. The molecule has 0 spiro atoms. The van der Waals surface area contributed by atoms with E-state index in [4.69, 9.17) is 10.5 Å². The van der Waals surface area contributed by atoms with E-state index < -0.39 is 0 Å². The van der Waals surface area contributed by atoms with Gasteiger partial charge in [-0.3, -0.25) is 0 Å². The number of rotatable bonds is 5. The molecule has 112 valence electrons. The van der Waals surface area contributed by atoms with Crippen LogP contribution in [0.1, 0.15) is 55.8 Å². The molecule has 2 nitrogen and oxygen atoms in total. The first-order valence-corrected chi connectivity index (χ1v) is 7.65. The van der Waals surface area contributed by atoms with Crippen molar-refractivity contribution in [3.05, 3.63) is 59.2 Å². The summed E-state index contributed by atoms with van der Waals surface area (Å²) in [5.41, 5.74) is 9.81. The van der Waals surface area contributed by atoms with E-state index in [0.29, 0.717) is 5.92 Å². The third kappa shape index (κ3) is 3.85. The Hall–Kier alpha value is -1.80. The summed E-state index contributed by atoms with van der Waals surface area (Å²) in [4.78, 5) is 0.